The van der Waals surface area contributed by atoms with Crippen LogP contribution in [0, 0.1) is 5.82 Å². The fourth-order valence-corrected chi connectivity index (χ4v) is 2.05. The van der Waals surface area contributed by atoms with Crippen LogP contribution in [-0.2, 0) is 13.1 Å². The lowest BCUT2D eigenvalue weighted by atomic mass is 9.98. The van der Waals surface area contributed by atoms with Gasteiger partial charge in [0, 0.05) is 13.1 Å². The molecule has 2 rings (SSSR count). The molecule has 0 N–H and O–H groups in total. The molecule has 0 unspecified atom stereocenters. The van der Waals surface area contributed by atoms with E-state index in [1.165, 1.54) is 5.56 Å². The molecule has 0 radical (unpaired) electrons. The molecule has 0 bridgehead atoms. The maximum Gasteiger partial charge on any atom is 0.127 e. The zero-order valence-corrected chi connectivity index (χ0v) is 8.97. The van der Waals surface area contributed by atoms with Crippen molar-refractivity contribution in [1.82, 2.24) is 4.90 Å². The highest BCUT2D eigenvalue weighted by molar-refractivity contribution is 5.36. The van der Waals surface area contributed by atoms with Crippen LogP contribution in [0.4, 0.5) is 4.39 Å². The molecular formula is C12H16FN. The van der Waals surface area contributed by atoms with Crippen molar-refractivity contribution in [2.75, 3.05) is 7.05 Å². The molecule has 1 aliphatic heterocycles. The molecule has 0 amide bonds. The Morgan fingerprint density at radius 2 is 1.79 bits per heavy atom. The zero-order chi connectivity index (χ0) is 10.3. The van der Waals surface area contributed by atoms with Gasteiger partial charge in [0.05, 0.1) is 0 Å². The third kappa shape index (κ3) is 1.55. The second kappa shape index (κ2) is 3.35. The molecule has 2 heteroatoms. The number of halogens is 1. The van der Waals surface area contributed by atoms with Gasteiger partial charge in [-0.3, -0.25) is 4.90 Å². The van der Waals surface area contributed by atoms with Crippen molar-refractivity contribution in [3.63, 3.8) is 0 Å². The summed E-state index contributed by atoms with van der Waals surface area (Å²) in [6.07, 6.45) is 0. The summed E-state index contributed by atoms with van der Waals surface area (Å²) in [5.74, 6) is 0.222. The van der Waals surface area contributed by atoms with Crippen LogP contribution in [0.5, 0.6) is 0 Å². The standard InChI is InChI=1S/C12H16FN/c1-8(2)11-4-9-6-14(3)7-10(9)5-12(11)13/h4-5,8H,6-7H2,1-3H3. The average Bonchev–Trinajstić information content (AvgIpc) is 2.42. The Bertz CT molecular complexity index is 358. The molecule has 0 atom stereocenters. The Morgan fingerprint density at radius 3 is 2.36 bits per heavy atom. The number of hydrogen-bond acceptors (Lipinski definition) is 1. The van der Waals surface area contributed by atoms with E-state index >= 15 is 0 Å². The van der Waals surface area contributed by atoms with Crippen LogP contribution >= 0.6 is 0 Å². The van der Waals surface area contributed by atoms with Crippen molar-refractivity contribution < 1.29 is 4.39 Å². The van der Waals surface area contributed by atoms with Crippen LogP contribution in [0.15, 0.2) is 12.1 Å². The highest BCUT2D eigenvalue weighted by Gasteiger charge is 2.19. The first-order chi connectivity index (χ1) is 6.58. The summed E-state index contributed by atoms with van der Waals surface area (Å²) in [4.78, 5) is 2.20. The summed E-state index contributed by atoms with van der Waals surface area (Å²) < 4.78 is 13.6. The Morgan fingerprint density at radius 1 is 1.21 bits per heavy atom. The Hall–Kier alpha value is -0.890. The average molecular weight is 193 g/mol. The van der Waals surface area contributed by atoms with E-state index in [0.29, 0.717) is 0 Å². The first-order valence-electron chi connectivity index (χ1n) is 5.07. The van der Waals surface area contributed by atoms with Gasteiger partial charge in [0.15, 0.2) is 0 Å². The second-order valence-corrected chi connectivity index (χ2v) is 4.47. The normalized spacial score (nSPS) is 16.4. The van der Waals surface area contributed by atoms with Gasteiger partial charge in [-0.05, 0) is 35.7 Å². The second-order valence-electron chi connectivity index (χ2n) is 4.47. The number of hydrogen-bond donors (Lipinski definition) is 0. The molecule has 14 heavy (non-hydrogen) atoms. The molecule has 0 aliphatic carbocycles. The maximum absolute atomic E-state index is 13.6. The van der Waals surface area contributed by atoms with E-state index in [2.05, 4.69) is 11.9 Å². The lowest BCUT2D eigenvalue weighted by Crippen LogP contribution is -2.07. The van der Waals surface area contributed by atoms with Crippen molar-refractivity contribution in [1.29, 1.82) is 0 Å². The summed E-state index contributed by atoms with van der Waals surface area (Å²) in [6.45, 7) is 5.90. The third-order valence-electron chi connectivity index (χ3n) is 2.82. The summed E-state index contributed by atoms with van der Waals surface area (Å²) in [5, 5.41) is 0. The summed E-state index contributed by atoms with van der Waals surface area (Å²) in [5.41, 5.74) is 3.28. The first-order valence-corrected chi connectivity index (χ1v) is 5.07. The molecule has 1 aliphatic rings. The van der Waals surface area contributed by atoms with E-state index in [1.807, 2.05) is 19.9 Å². The quantitative estimate of drug-likeness (QED) is 0.663. The monoisotopic (exact) mass is 193 g/mol. The van der Waals surface area contributed by atoms with E-state index in [4.69, 9.17) is 0 Å². The molecular weight excluding hydrogens is 177 g/mol. The van der Waals surface area contributed by atoms with E-state index in [1.54, 1.807) is 6.07 Å². The van der Waals surface area contributed by atoms with Crippen LogP contribution in [0.1, 0.15) is 36.5 Å². The lowest BCUT2D eigenvalue weighted by molar-refractivity contribution is 0.353. The van der Waals surface area contributed by atoms with Crippen LogP contribution in [0.2, 0.25) is 0 Å². The van der Waals surface area contributed by atoms with Crippen LogP contribution in [-0.4, -0.2) is 11.9 Å². The Balaban J connectivity index is 2.45. The predicted molar refractivity (Wildman–Crippen MR) is 55.7 cm³/mol. The van der Waals surface area contributed by atoms with Gasteiger partial charge in [0.1, 0.15) is 5.82 Å². The fraction of sp³-hybridized carbons (Fsp3) is 0.500. The number of benzene rings is 1. The Kier molecular flexibility index (Phi) is 2.31. The highest BCUT2D eigenvalue weighted by atomic mass is 19.1. The van der Waals surface area contributed by atoms with Gasteiger partial charge in [-0.1, -0.05) is 19.9 Å². The molecule has 1 heterocycles. The van der Waals surface area contributed by atoms with Crippen LogP contribution in [0.25, 0.3) is 0 Å². The van der Waals surface area contributed by atoms with Crippen molar-refractivity contribution in [3.05, 3.63) is 34.6 Å². The van der Waals surface area contributed by atoms with E-state index in [-0.39, 0.29) is 11.7 Å². The number of nitrogens with zero attached hydrogens (tertiary/aromatic N) is 1. The van der Waals surface area contributed by atoms with Crippen LogP contribution in [0.3, 0.4) is 0 Å². The van der Waals surface area contributed by atoms with Gasteiger partial charge in [-0.25, -0.2) is 4.39 Å². The lowest BCUT2D eigenvalue weighted by Gasteiger charge is -2.09. The minimum atomic E-state index is -0.0472. The first kappa shape index (κ1) is 9.66. The van der Waals surface area contributed by atoms with E-state index in [9.17, 15) is 4.39 Å². The smallest absolute Gasteiger partial charge is 0.127 e. The Labute approximate surface area is 84.5 Å². The molecule has 0 saturated carbocycles. The summed E-state index contributed by atoms with van der Waals surface area (Å²) in [6, 6.07) is 3.73. The highest BCUT2D eigenvalue weighted by Crippen LogP contribution is 2.27. The van der Waals surface area contributed by atoms with Gasteiger partial charge in [-0.15, -0.1) is 0 Å². The van der Waals surface area contributed by atoms with Gasteiger partial charge >= 0.3 is 0 Å². The minimum absolute atomic E-state index is 0.0472. The predicted octanol–water partition coefficient (Wildman–Crippen LogP) is 2.89. The van der Waals surface area contributed by atoms with Gasteiger partial charge in [0.25, 0.3) is 0 Å². The molecule has 0 saturated heterocycles. The van der Waals surface area contributed by atoms with Gasteiger partial charge in [-0.2, -0.15) is 0 Å². The summed E-state index contributed by atoms with van der Waals surface area (Å²) >= 11 is 0. The largest absolute Gasteiger partial charge is 0.298 e. The molecule has 0 fully saturated rings. The molecule has 76 valence electrons. The number of rotatable bonds is 1. The molecule has 1 aromatic carbocycles. The van der Waals surface area contributed by atoms with Crippen LogP contribution < -0.4 is 0 Å². The van der Waals surface area contributed by atoms with Crippen molar-refractivity contribution >= 4 is 0 Å². The zero-order valence-electron chi connectivity index (χ0n) is 8.97. The minimum Gasteiger partial charge on any atom is -0.298 e. The molecule has 1 nitrogen and oxygen atoms in total. The van der Waals surface area contributed by atoms with Crippen molar-refractivity contribution in [3.8, 4) is 0 Å². The third-order valence-corrected chi connectivity index (χ3v) is 2.82. The SMILES string of the molecule is CC(C)c1cc2c(cc1F)CN(C)C2. The van der Waals surface area contributed by atoms with Crippen molar-refractivity contribution in [2.24, 2.45) is 0 Å². The maximum atomic E-state index is 13.6. The molecule has 0 aromatic heterocycles. The van der Waals surface area contributed by atoms with E-state index in [0.717, 1.165) is 24.2 Å². The fourth-order valence-electron chi connectivity index (χ4n) is 2.05. The topological polar surface area (TPSA) is 3.24 Å². The summed E-state index contributed by atoms with van der Waals surface area (Å²) in [7, 11) is 2.06. The van der Waals surface area contributed by atoms with Gasteiger partial charge < -0.3 is 0 Å². The van der Waals surface area contributed by atoms with E-state index < -0.39 is 0 Å². The number of fused-ring (bicyclic) bond motifs is 1. The van der Waals surface area contributed by atoms with Gasteiger partial charge in [0.2, 0.25) is 0 Å². The van der Waals surface area contributed by atoms with Crippen molar-refractivity contribution in [2.45, 2.75) is 32.9 Å². The molecule has 1 aromatic rings. The molecule has 0 spiro atoms.